The molecule has 0 atom stereocenters. The minimum absolute atomic E-state index is 0.152. The molecule has 1 saturated heterocycles. The van der Waals surface area contributed by atoms with E-state index in [4.69, 9.17) is 5.11 Å². The topological polar surface area (TPSA) is 40.5 Å². The maximum absolute atomic E-state index is 13.6. The first-order valence-electron chi connectivity index (χ1n) is 5.28. The molecular formula is C10H16FNO2. The molecule has 1 N–H and O–H groups in total. The Morgan fingerprint density at radius 1 is 1.36 bits per heavy atom. The summed E-state index contributed by atoms with van der Waals surface area (Å²) < 4.78 is 13.6. The molecule has 3 nitrogen and oxygen atoms in total. The molecular weight excluding hydrogens is 185 g/mol. The Hall–Kier alpha value is -0.640. The lowest BCUT2D eigenvalue weighted by atomic mass is 9.87. The number of piperidine rings is 1. The molecule has 80 valence electrons. The van der Waals surface area contributed by atoms with Crippen LogP contribution in [0.5, 0.6) is 0 Å². The summed E-state index contributed by atoms with van der Waals surface area (Å²) in [5.74, 6) is -1.29. The number of carbonyl (C=O) groups is 1. The zero-order valence-corrected chi connectivity index (χ0v) is 8.21. The molecule has 0 aromatic rings. The van der Waals surface area contributed by atoms with Gasteiger partial charge in [-0.15, -0.1) is 0 Å². The van der Waals surface area contributed by atoms with E-state index in [1.807, 2.05) is 0 Å². The van der Waals surface area contributed by atoms with Crippen LogP contribution in [0.4, 0.5) is 4.39 Å². The summed E-state index contributed by atoms with van der Waals surface area (Å²) in [6.07, 6.45) is 3.97. The molecule has 1 heterocycles. The van der Waals surface area contributed by atoms with Gasteiger partial charge in [0.1, 0.15) is 0 Å². The van der Waals surface area contributed by atoms with Crippen LogP contribution in [0.2, 0.25) is 0 Å². The van der Waals surface area contributed by atoms with Gasteiger partial charge in [-0.25, -0.2) is 9.18 Å². The number of hydrogen-bond donors (Lipinski definition) is 1. The fourth-order valence-corrected chi connectivity index (χ4v) is 2.21. The maximum atomic E-state index is 13.6. The van der Waals surface area contributed by atoms with Gasteiger partial charge in [-0.2, -0.15) is 0 Å². The third-order valence-electron chi connectivity index (χ3n) is 3.56. The van der Waals surface area contributed by atoms with E-state index in [1.165, 1.54) is 19.3 Å². The number of rotatable bonds is 2. The van der Waals surface area contributed by atoms with Crippen LogP contribution in [0, 0.1) is 0 Å². The van der Waals surface area contributed by atoms with Crippen molar-refractivity contribution in [3.63, 3.8) is 0 Å². The Morgan fingerprint density at radius 3 is 2.29 bits per heavy atom. The summed E-state index contributed by atoms with van der Waals surface area (Å²) in [5, 5.41) is 8.70. The molecule has 4 heteroatoms. The quantitative estimate of drug-likeness (QED) is 0.734. The molecule has 0 aromatic carbocycles. The van der Waals surface area contributed by atoms with Gasteiger partial charge in [-0.3, -0.25) is 0 Å². The van der Waals surface area contributed by atoms with E-state index >= 15 is 0 Å². The van der Waals surface area contributed by atoms with Gasteiger partial charge in [0.05, 0.1) is 0 Å². The molecule has 0 spiro atoms. The second-order valence-corrected chi connectivity index (χ2v) is 4.39. The van der Waals surface area contributed by atoms with Crippen LogP contribution in [0.1, 0.15) is 32.1 Å². The molecule has 1 aliphatic carbocycles. The van der Waals surface area contributed by atoms with Crippen LogP contribution in [-0.4, -0.2) is 40.8 Å². The minimum Gasteiger partial charge on any atom is -0.479 e. The molecule has 0 unspecified atom stereocenters. The summed E-state index contributed by atoms with van der Waals surface area (Å²) in [4.78, 5) is 12.9. The highest BCUT2D eigenvalue weighted by Crippen LogP contribution is 2.32. The van der Waals surface area contributed by atoms with Crippen LogP contribution in [0.25, 0.3) is 0 Å². The van der Waals surface area contributed by atoms with E-state index in [0.717, 1.165) is 0 Å². The van der Waals surface area contributed by atoms with Crippen molar-refractivity contribution in [3.05, 3.63) is 0 Å². The predicted molar refractivity (Wildman–Crippen MR) is 49.9 cm³/mol. The summed E-state index contributed by atoms with van der Waals surface area (Å²) in [6.45, 7) is 1.21. The lowest BCUT2D eigenvalue weighted by Gasteiger charge is -2.42. The van der Waals surface area contributed by atoms with Crippen molar-refractivity contribution in [2.45, 2.75) is 43.8 Å². The van der Waals surface area contributed by atoms with Crippen molar-refractivity contribution in [1.82, 2.24) is 4.90 Å². The summed E-state index contributed by atoms with van der Waals surface area (Å²) in [5.41, 5.74) is -1.96. The fourth-order valence-electron chi connectivity index (χ4n) is 2.21. The monoisotopic (exact) mass is 201 g/mol. The van der Waals surface area contributed by atoms with E-state index in [9.17, 15) is 9.18 Å². The van der Waals surface area contributed by atoms with Crippen molar-refractivity contribution >= 4 is 5.97 Å². The van der Waals surface area contributed by atoms with E-state index in [1.54, 1.807) is 0 Å². The molecule has 2 rings (SSSR count). The standard InChI is InChI=1S/C10H16FNO2/c11-10(9(13)14)4-6-12(7-5-10)8-2-1-3-8/h8H,1-7H2,(H,13,14). The van der Waals surface area contributed by atoms with Crippen molar-refractivity contribution in [3.8, 4) is 0 Å². The lowest BCUT2D eigenvalue weighted by molar-refractivity contribution is -0.155. The highest BCUT2D eigenvalue weighted by atomic mass is 19.1. The van der Waals surface area contributed by atoms with Crippen molar-refractivity contribution in [2.24, 2.45) is 0 Å². The van der Waals surface area contributed by atoms with Crippen LogP contribution in [0.3, 0.4) is 0 Å². The molecule has 0 amide bonds. The zero-order chi connectivity index (χ0) is 10.2. The Labute approximate surface area is 82.9 Å². The number of likely N-dealkylation sites (tertiary alicyclic amines) is 1. The van der Waals surface area contributed by atoms with Gasteiger partial charge in [0.25, 0.3) is 0 Å². The highest BCUT2D eigenvalue weighted by molar-refractivity contribution is 5.77. The Kier molecular flexibility index (Phi) is 2.47. The molecule has 0 bridgehead atoms. The Morgan fingerprint density at radius 2 is 1.93 bits per heavy atom. The van der Waals surface area contributed by atoms with Crippen LogP contribution < -0.4 is 0 Å². The van der Waals surface area contributed by atoms with Gasteiger partial charge in [0, 0.05) is 32.0 Å². The molecule has 2 aliphatic rings. The molecule has 1 aliphatic heterocycles. The lowest BCUT2D eigenvalue weighted by Crippen LogP contribution is -2.51. The Bertz CT molecular complexity index is 232. The van der Waals surface area contributed by atoms with E-state index in [2.05, 4.69) is 4.90 Å². The molecule has 0 radical (unpaired) electrons. The van der Waals surface area contributed by atoms with Gasteiger partial charge < -0.3 is 10.0 Å². The van der Waals surface area contributed by atoms with Gasteiger partial charge in [0.2, 0.25) is 5.67 Å². The number of nitrogens with zero attached hydrogens (tertiary/aromatic N) is 1. The highest BCUT2D eigenvalue weighted by Gasteiger charge is 2.43. The summed E-state index contributed by atoms with van der Waals surface area (Å²) in [7, 11) is 0. The molecule has 1 saturated carbocycles. The first kappa shape index (κ1) is 9.90. The fraction of sp³-hybridized carbons (Fsp3) is 0.900. The largest absolute Gasteiger partial charge is 0.479 e. The summed E-state index contributed by atoms with van der Waals surface area (Å²) in [6, 6.07) is 0.605. The number of carboxylic acid groups (broad SMARTS) is 1. The molecule has 14 heavy (non-hydrogen) atoms. The zero-order valence-electron chi connectivity index (χ0n) is 8.21. The normalized spacial score (nSPS) is 28.4. The van der Waals surface area contributed by atoms with Crippen LogP contribution in [0.15, 0.2) is 0 Å². The van der Waals surface area contributed by atoms with Crippen LogP contribution >= 0.6 is 0 Å². The minimum atomic E-state index is -1.96. The molecule has 2 fully saturated rings. The van der Waals surface area contributed by atoms with E-state index in [-0.39, 0.29) is 12.8 Å². The van der Waals surface area contributed by atoms with Crippen LogP contribution in [-0.2, 0) is 4.79 Å². The van der Waals surface area contributed by atoms with Crippen molar-refractivity contribution in [1.29, 1.82) is 0 Å². The van der Waals surface area contributed by atoms with E-state index in [0.29, 0.717) is 19.1 Å². The number of aliphatic carboxylic acids is 1. The average molecular weight is 201 g/mol. The number of halogens is 1. The first-order chi connectivity index (χ1) is 6.62. The second-order valence-electron chi connectivity index (χ2n) is 4.39. The average Bonchev–Trinajstić information content (AvgIpc) is 2.06. The maximum Gasteiger partial charge on any atom is 0.341 e. The van der Waals surface area contributed by atoms with E-state index < -0.39 is 11.6 Å². The van der Waals surface area contributed by atoms with Crippen molar-refractivity contribution < 1.29 is 14.3 Å². The second kappa shape index (κ2) is 3.50. The third kappa shape index (κ3) is 1.63. The Balaban J connectivity index is 1.87. The van der Waals surface area contributed by atoms with Gasteiger partial charge in [-0.1, -0.05) is 6.42 Å². The summed E-state index contributed by atoms with van der Waals surface area (Å²) >= 11 is 0. The van der Waals surface area contributed by atoms with Crippen molar-refractivity contribution in [2.75, 3.05) is 13.1 Å². The van der Waals surface area contributed by atoms with Gasteiger partial charge in [-0.05, 0) is 12.8 Å². The third-order valence-corrected chi connectivity index (χ3v) is 3.56. The smallest absolute Gasteiger partial charge is 0.341 e. The first-order valence-corrected chi connectivity index (χ1v) is 5.28. The predicted octanol–water partition coefficient (Wildman–Crippen LogP) is 1.43. The van der Waals surface area contributed by atoms with Gasteiger partial charge in [0.15, 0.2) is 0 Å². The molecule has 0 aromatic heterocycles. The SMILES string of the molecule is O=C(O)C1(F)CCN(C2CCC2)CC1. The number of carboxylic acids is 1. The van der Waals surface area contributed by atoms with Gasteiger partial charge >= 0.3 is 5.97 Å². The number of hydrogen-bond acceptors (Lipinski definition) is 2. The number of alkyl halides is 1.